The van der Waals surface area contributed by atoms with Gasteiger partial charge in [-0.2, -0.15) is 8.42 Å². The van der Waals surface area contributed by atoms with Gasteiger partial charge in [0.1, 0.15) is 29.8 Å². The molecule has 1 aliphatic rings. The molecule has 0 bridgehead atoms. The lowest BCUT2D eigenvalue weighted by molar-refractivity contribution is -0.280. The van der Waals surface area contributed by atoms with E-state index in [-0.39, 0.29) is 16.5 Å². The number of phenols is 1. The third kappa shape index (κ3) is 3.84. The molecule has 27 heavy (non-hydrogen) atoms. The van der Waals surface area contributed by atoms with E-state index in [1.165, 1.54) is 18.2 Å². The Morgan fingerprint density at radius 3 is 2.41 bits per heavy atom. The zero-order chi connectivity index (χ0) is 19.9. The van der Waals surface area contributed by atoms with E-state index in [2.05, 4.69) is 0 Å². The van der Waals surface area contributed by atoms with Gasteiger partial charge in [0.2, 0.25) is 0 Å². The minimum absolute atomic E-state index is 0.0822. The molecule has 11 heteroatoms. The Labute approximate surface area is 153 Å². The van der Waals surface area contributed by atoms with Crippen LogP contribution in [-0.4, -0.2) is 75.8 Å². The van der Waals surface area contributed by atoms with Crippen LogP contribution in [-0.2, 0) is 14.9 Å². The van der Waals surface area contributed by atoms with Gasteiger partial charge in [0.15, 0.2) is 12.4 Å². The van der Waals surface area contributed by atoms with E-state index in [1.807, 2.05) is 0 Å². The summed E-state index contributed by atoms with van der Waals surface area (Å²) in [5.74, 6) is -0.356. The fraction of sp³-hybridized carbons (Fsp3) is 0.375. The van der Waals surface area contributed by atoms with Gasteiger partial charge >= 0.3 is 0 Å². The number of benzene rings is 2. The van der Waals surface area contributed by atoms with E-state index < -0.39 is 58.1 Å². The van der Waals surface area contributed by atoms with Crippen molar-refractivity contribution in [2.75, 3.05) is 6.61 Å². The number of phenolic OH excluding ortho intramolecular Hbond substituents is 1. The third-order valence-electron chi connectivity index (χ3n) is 4.29. The van der Waals surface area contributed by atoms with Gasteiger partial charge in [0, 0.05) is 11.5 Å². The second kappa shape index (κ2) is 7.20. The van der Waals surface area contributed by atoms with Crippen LogP contribution in [0.5, 0.6) is 11.5 Å². The Balaban J connectivity index is 1.91. The maximum atomic E-state index is 11.2. The van der Waals surface area contributed by atoms with Crippen LogP contribution < -0.4 is 4.74 Å². The lowest BCUT2D eigenvalue weighted by atomic mass is 9.99. The molecule has 0 spiro atoms. The molecular weight excluding hydrogens is 384 g/mol. The minimum atomic E-state index is -4.50. The van der Waals surface area contributed by atoms with Crippen LogP contribution in [0.4, 0.5) is 0 Å². The molecule has 0 aliphatic carbocycles. The van der Waals surface area contributed by atoms with E-state index in [0.29, 0.717) is 0 Å². The van der Waals surface area contributed by atoms with Crippen molar-refractivity contribution in [1.29, 1.82) is 0 Å². The van der Waals surface area contributed by atoms with E-state index in [0.717, 1.165) is 12.1 Å². The van der Waals surface area contributed by atoms with Crippen molar-refractivity contribution < 1.29 is 48.0 Å². The summed E-state index contributed by atoms with van der Waals surface area (Å²) in [6.45, 7) is -0.609. The zero-order valence-corrected chi connectivity index (χ0v) is 14.5. The molecule has 0 amide bonds. The maximum Gasteiger partial charge on any atom is 0.294 e. The molecule has 2 aromatic rings. The highest BCUT2D eigenvalue weighted by molar-refractivity contribution is 7.85. The molecule has 0 saturated carbocycles. The van der Waals surface area contributed by atoms with Crippen molar-refractivity contribution >= 4 is 20.9 Å². The quantitative estimate of drug-likeness (QED) is 0.347. The average molecular weight is 402 g/mol. The summed E-state index contributed by atoms with van der Waals surface area (Å²) < 4.78 is 42.0. The van der Waals surface area contributed by atoms with Crippen LogP contribution in [0.15, 0.2) is 35.2 Å². The van der Waals surface area contributed by atoms with Crippen LogP contribution in [0.1, 0.15) is 0 Å². The number of ether oxygens (including phenoxy) is 2. The first-order valence-electron chi connectivity index (χ1n) is 7.83. The lowest BCUT2D eigenvalue weighted by Crippen LogP contribution is -2.60. The molecule has 5 atom stereocenters. The molecule has 0 aromatic heterocycles. The van der Waals surface area contributed by atoms with Crippen molar-refractivity contribution in [3.05, 3.63) is 30.3 Å². The van der Waals surface area contributed by atoms with Gasteiger partial charge in [-0.05, 0) is 23.6 Å². The summed E-state index contributed by atoms with van der Waals surface area (Å²) >= 11 is 0. The van der Waals surface area contributed by atoms with Gasteiger partial charge in [-0.1, -0.05) is 6.07 Å². The fourth-order valence-electron chi connectivity index (χ4n) is 2.87. The van der Waals surface area contributed by atoms with Gasteiger partial charge in [-0.3, -0.25) is 4.55 Å². The van der Waals surface area contributed by atoms with Crippen molar-refractivity contribution in [3.8, 4) is 11.5 Å². The third-order valence-corrected chi connectivity index (χ3v) is 5.12. The Morgan fingerprint density at radius 1 is 1.07 bits per heavy atom. The molecule has 1 fully saturated rings. The van der Waals surface area contributed by atoms with E-state index in [9.17, 15) is 28.8 Å². The van der Waals surface area contributed by atoms with Crippen LogP contribution in [0, 0.1) is 0 Å². The Bertz CT molecular complexity index is 944. The standard InChI is InChI=1S/C16H18O10S/c17-6-12-13(19)14(20)15(16(21)26-12)25-8-2-1-7-3-9(27(22,23)24)5-11(18)10(7)4-8/h1-5,12-21H,6H2,(H,22,23,24)/t12-,13-,14+,15-,16-/m1/s1. The van der Waals surface area contributed by atoms with Crippen LogP contribution in [0.3, 0.4) is 0 Å². The largest absolute Gasteiger partial charge is 0.507 e. The highest BCUT2D eigenvalue weighted by Crippen LogP contribution is 2.33. The summed E-state index contributed by atoms with van der Waals surface area (Å²) in [4.78, 5) is -0.481. The lowest BCUT2D eigenvalue weighted by Gasteiger charge is -2.39. The smallest absolute Gasteiger partial charge is 0.294 e. The fourth-order valence-corrected chi connectivity index (χ4v) is 3.41. The normalized spacial score (nSPS) is 29.0. The first-order chi connectivity index (χ1) is 12.6. The van der Waals surface area contributed by atoms with Gasteiger partial charge in [-0.15, -0.1) is 0 Å². The van der Waals surface area contributed by atoms with E-state index in [4.69, 9.17) is 19.1 Å². The minimum Gasteiger partial charge on any atom is -0.507 e. The van der Waals surface area contributed by atoms with Gasteiger partial charge in [-0.25, -0.2) is 0 Å². The Kier molecular flexibility index (Phi) is 5.27. The van der Waals surface area contributed by atoms with E-state index >= 15 is 0 Å². The highest BCUT2D eigenvalue weighted by Gasteiger charge is 2.45. The maximum absolute atomic E-state index is 11.2. The molecule has 1 saturated heterocycles. The second-order valence-corrected chi connectivity index (χ2v) is 7.53. The SMILES string of the molecule is O=S(=O)(O)c1cc(O)c2cc(O[C@@H]3[C@@H](O)[C@H](O)[C@@H](CO)O[C@H]3O)ccc2c1. The molecule has 6 N–H and O–H groups in total. The summed E-state index contributed by atoms with van der Waals surface area (Å²) in [6.07, 6.45) is -7.23. The number of fused-ring (bicyclic) bond motifs is 1. The Hall–Kier alpha value is -1.99. The number of aliphatic hydroxyl groups is 4. The predicted octanol–water partition coefficient (Wildman–Crippen LogP) is -1.03. The van der Waals surface area contributed by atoms with Gasteiger partial charge in [0.25, 0.3) is 10.1 Å². The van der Waals surface area contributed by atoms with Crippen molar-refractivity contribution in [2.45, 2.75) is 35.6 Å². The summed E-state index contributed by atoms with van der Waals surface area (Å²) in [5.41, 5.74) is 0. The summed E-state index contributed by atoms with van der Waals surface area (Å²) in [7, 11) is -4.50. The molecule has 0 unspecified atom stereocenters. The first kappa shape index (κ1) is 19.8. The monoisotopic (exact) mass is 402 g/mol. The van der Waals surface area contributed by atoms with Crippen molar-refractivity contribution in [1.82, 2.24) is 0 Å². The molecular formula is C16H18O10S. The van der Waals surface area contributed by atoms with Gasteiger partial charge in [0.05, 0.1) is 11.5 Å². The van der Waals surface area contributed by atoms with Crippen LogP contribution >= 0.6 is 0 Å². The number of hydrogen-bond donors (Lipinski definition) is 6. The van der Waals surface area contributed by atoms with Gasteiger partial charge < -0.3 is 35.0 Å². The highest BCUT2D eigenvalue weighted by atomic mass is 32.2. The number of aliphatic hydroxyl groups excluding tert-OH is 4. The van der Waals surface area contributed by atoms with Crippen molar-refractivity contribution in [2.24, 2.45) is 0 Å². The predicted molar refractivity (Wildman–Crippen MR) is 89.8 cm³/mol. The molecule has 0 radical (unpaired) electrons. The average Bonchev–Trinajstić information content (AvgIpc) is 2.61. The van der Waals surface area contributed by atoms with Crippen molar-refractivity contribution in [3.63, 3.8) is 0 Å². The van der Waals surface area contributed by atoms with E-state index in [1.54, 1.807) is 0 Å². The first-order valence-corrected chi connectivity index (χ1v) is 9.27. The molecule has 1 heterocycles. The number of aromatic hydroxyl groups is 1. The van der Waals surface area contributed by atoms with Crippen LogP contribution in [0.2, 0.25) is 0 Å². The number of rotatable bonds is 4. The zero-order valence-electron chi connectivity index (χ0n) is 13.7. The molecule has 1 aliphatic heterocycles. The summed E-state index contributed by atoms with van der Waals surface area (Å²) in [6, 6.07) is 6.11. The molecule has 3 rings (SSSR count). The topological polar surface area (TPSA) is 174 Å². The Morgan fingerprint density at radius 2 is 1.78 bits per heavy atom. The molecule has 2 aromatic carbocycles. The molecule has 10 nitrogen and oxygen atoms in total. The summed E-state index contributed by atoms with van der Waals surface area (Å²) in [5, 5.41) is 49.5. The molecule has 148 valence electrons. The second-order valence-electron chi connectivity index (χ2n) is 6.11. The van der Waals surface area contributed by atoms with Crippen LogP contribution in [0.25, 0.3) is 10.8 Å². The number of hydrogen-bond acceptors (Lipinski definition) is 9.